The van der Waals surface area contributed by atoms with Crippen LogP contribution >= 0.6 is 0 Å². The highest BCUT2D eigenvalue weighted by Gasteiger charge is 2.33. The molecule has 0 radical (unpaired) electrons. The highest BCUT2D eigenvalue weighted by molar-refractivity contribution is 5.76. The van der Waals surface area contributed by atoms with Crippen LogP contribution in [0.15, 0.2) is 0 Å². The van der Waals surface area contributed by atoms with Gasteiger partial charge in [-0.2, -0.15) is 0 Å². The smallest absolute Gasteiger partial charge is 0.311 e. The van der Waals surface area contributed by atoms with Crippen molar-refractivity contribution in [3.63, 3.8) is 0 Å². The first-order valence-electron chi connectivity index (χ1n) is 4.74. The molecule has 0 amide bonds. The van der Waals surface area contributed by atoms with Gasteiger partial charge in [0, 0.05) is 0 Å². The van der Waals surface area contributed by atoms with Gasteiger partial charge >= 0.3 is 5.97 Å². The van der Waals surface area contributed by atoms with Gasteiger partial charge in [-0.05, 0) is 32.2 Å². The van der Waals surface area contributed by atoms with Gasteiger partial charge in [0.05, 0.1) is 12.5 Å². The number of rotatable bonds is 5. The topological polar surface area (TPSA) is 52.3 Å². The van der Waals surface area contributed by atoms with Crippen molar-refractivity contribution in [2.24, 2.45) is 17.1 Å². The zero-order valence-corrected chi connectivity index (χ0v) is 9.09. The summed E-state index contributed by atoms with van der Waals surface area (Å²) in [4.78, 5) is 11.5. The van der Waals surface area contributed by atoms with Gasteiger partial charge in [-0.1, -0.05) is 13.8 Å². The molecule has 0 heterocycles. The molecule has 0 spiro atoms. The van der Waals surface area contributed by atoms with Crippen molar-refractivity contribution in [3.05, 3.63) is 0 Å². The molecule has 2 N–H and O–H groups in total. The van der Waals surface area contributed by atoms with E-state index in [2.05, 4.69) is 13.8 Å². The number of methoxy groups -OCH3 is 1. The molecule has 13 heavy (non-hydrogen) atoms. The fourth-order valence-corrected chi connectivity index (χ4v) is 1.75. The highest BCUT2D eigenvalue weighted by Crippen LogP contribution is 2.30. The molecule has 0 bridgehead atoms. The van der Waals surface area contributed by atoms with Crippen molar-refractivity contribution in [1.29, 1.82) is 0 Å². The van der Waals surface area contributed by atoms with Crippen LogP contribution in [0.2, 0.25) is 0 Å². The Morgan fingerprint density at radius 3 is 2.38 bits per heavy atom. The molecule has 0 saturated carbocycles. The first-order valence-corrected chi connectivity index (χ1v) is 4.74. The van der Waals surface area contributed by atoms with Gasteiger partial charge in [-0.3, -0.25) is 4.79 Å². The summed E-state index contributed by atoms with van der Waals surface area (Å²) in [5.74, 6) is 0.335. The number of hydrogen-bond acceptors (Lipinski definition) is 3. The van der Waals surface area contributed by atoms with E-state index in [1.165, 1.54) is 7.11 Å². The Labute approximate surface area is 80.6 Å². The molecule has 0 fully saturated rings. The molecule has 1 unspecified atom stereocenters. The minimum absolute atomic E-state index is 0.147. The predicted molar refractivity (Wildman–Crippen MR) is 53.2 cm³/mol. The van der Waals surface area contributed by atoms with Crippen molar-refractivity contribution in [1.82, 2.24) is 0 Å². The Kier molecular flexibility index (Phi) is 4.99. The zero-order valence-electron chi connectivity index (χ0n) is 9.09. The van der Waals surface area contributed by atoms with Gasteiger partial charge in [-0.15, -0.1) is 0 Å². The van der Waals surface area contributed by atoms with Gasteiger partial charge in [-0.25, -0.2) is 0 Å². The van der Waals surface area contributed by atoms with Crippen LogP contribution in [-0.4, -0.2) is 19.6 Å². The molecule has 0 aromatic carbocycles. The fourth-order valence-electron chi connectivity index (χ4n) is 1.75. The van der Waals surface area contributed by atoms with Crippen LogP contribution in [0, 0.1) is 11.3 Å². The Morgan fingerprint density at radius 2 is 2.08 bits per heavy atom. The van der Waals surface area contributed by atoms with Crippen molar-refractivity contribution in [2.75, 3.05) is 13.7 Å². The first-order chi connectivity index (χ1) is 5.96. The van der Waals surface area contributed by atoms with Crippen molar-refractivity contribution < 1.29 is 9.53 Å². The van der Waals surface area contributed by atoms with Crippen LogP contribution in [0.3, 0.4) is 0 Å². The van der Waals surface area contributed by atoms with Crippen LogP contribution in [0.25, 0.3) is 0 Å². The number of ether oxygens (including phenoxy) is 1. The number of carbonyl (C=O) groups is 1. The van der Waals surface area contributed by atoms with Gasteiger partial charge < -0.3 is 10.5 Å². The fraction of sp³-hybridized carbons (Fsp3) is 0.900. The van der Waals surface area contributed by atoms with Crippen LogP contribution in [0.5, 0.6) is 0 Å². The summed E-state index contributed by atoms with van der Waals surface area (Å²) in [6, 6.07) is 0. The lowest BCUT2D eigenvalue weighted by atomic mass is 9.79. The molecule has 0 rings (SSSR count). The molecule has 1 atom stereocenters. The van der Waals surface area contributed by atoms with E-state index in [-0.39, 0.29) is 5.97 Å². The molecule has 3 heteroatoms. The van der Waals surface area contributed by atoms with E-state index in [0.717, 1.165) is 6.42 Å². The molecule has 0 aliphatic carbocycles. The number of carbonyl (C=O) groups excluding carboxylic acids is 1. The number of nitrogens with two attached hydrogens (primary N) is 1. The van der Waals surface area contributed by atoms with Gasteiger partial charge in [0.2, 0.25) is 0 Å². The second-order valence-electron chi connectivity index (χ2n) is 4.19. The van der Waals surface area contributed by atoms with Gasteiger partial charge in [0.1, 0.15) is 0 Å². The normalized spacial score (nSPS) is 15.5. The molecular weight excluding hydrogens is 166 g/mol. The van der Waals surface area contributed by atoms with Crippen molar-refractivity contribution >= 4 is 5.97 Å². The summed E-state index contributed by atoms with van der Waals surface area (Å²) in [6.45, 7) is 6.64. The van der Waals surface area contributed by atoms with E-state index in [1.54, 1.807) is 0 Å². The Hall–Kier alpha value is -0.570. The monoisotopic (exact) mass is 187 g/mol. The molecule has 78 valence electrons. The molecule has 0 aliphatic heterocycles. The predicted octanol–water partition coefficient (Wildman–Crippen LogP) is 1.56. The minimum atomic E-state index is -0.405. The third kappa shape index (κ3) is 3.77. The molecule has 0 aromatic heterocycles. The molecule has 0 aromatic rings. The second-order valence-corrected chi connectivity index (χ2v) is 4.19. The zero-order chi connectivity index (χ0) is 10.5. The maximum Gasteiger partial charge on any atom is 0.311 e. The number of hydrogen-bond donors (Lipinski definition) is 1. The van der Waals surface area contributed by atoms with E-state index in [9.17, 15) is 4.79 Å². The lowest BCUT2D eigenvalue weighted by Crippen LogP contribution is -2.33. The number of esters is 1. The van der Waals surface area contributed by atoms with Crippen LogP contribution < -0.4 is 5.73 Å². The van der Waals surface area contributed by atoms with Gasteiger partial charge in [0.25, 0.3) is 0 Å². The third-order valence-corrected chi connectivity index (χ3v) is 2.23. The quantitative estimate of drug-likeness (QED) is 0.664. The van der Waals surface area contributed by atoms with Crippen LogP contribution in [-0.2, 0) is 9.53 Å². The Balaban J connectivity index is 4.41. The Bertz CT molecular complexity index is 168. The summed E-state index contributed by atoms with van der Waals surface area (Å²) >= 11 is 0. The third-order valence-electron chi connectivity index (χ3n) is 2.23. The highest BCUT2D eigenvalue weighted by atomic mass is 16.5. The SMILES string of the molecule is COC(=O)C(C)(CCN)CC(C)C. The first kappa shape index (κ1) is 12.4. The maximum absolute atomic E-state index is 11.5. The van der Waals surface area contributed by atoms with Crippen molar-refractivity contribution in [3.8, 4) is 0 Å². The second kappa shape index (κ2) is 5.22. The van der Waals surface area contributed by atoms with E-state index < -0.39 is 5.41 Å². The molecule has 3 nitrogen and oxygen atoms in total. The maximum atomic E-state index is 11.5. The van der Waals surface area contributed by atoms with Crippen LogP contribution in [0.4, 0.5) is 0 Å². The lowest BCUT2D eigenvalue weighted by Gasteiger charge is -2.27. The van der Waals surface area contributed by atoms with E-state index in [1.807, 2.05) is 6.92 Å². The van der Waals surface area contributed by atoms with Crippen molar-refractivity contribution in [2.45, 2.75) is 33.6 Å². The average molecular weight is 187 g/mol. The molecular formula is C10H21NO2. The van der Waals surface area contributed by atoms with E-state index in [0.29, 0.717) is 18.9 Å². The summed E-state index contributed by atoms with van der Waals surface area (Å²) in [5, 5.41) is 0. The van der Waals surface area contributed by atoms with E-state index >= 15 is 0 Å². The summed E-state index contributed by atoms with van der Waals surface area (Å²) in [6.07, 6.45) is 1.52. The van der Waals surface area contributed by atoms with E-state index in [4.69, 9.17) is 10.5 Å². The molecule has 0 aliphatic rings. The Morgan fingerprint density at radius 1 is 1.54 bits per heavy atom. The standard InChI is InChI=1S/C10H21NO2/c1-8(2)7-10(3,5-6-11)9(12)13-4/h8H,5-7,11H2,1-4H3. The summed E-state index contributed by atoms with van der Waals surface area (Å²) in [5.41, 5.74) is 5.07. The molecule has 0 saturated heterocycles. The minimum Gasteiger partial charge on any atom is -0.469 e. The summed E-state index contributed by atoms with van der Waals surface area (Å²) < 4.78 is 4.77. The van der Waals surface area contributed by atoms with Gasteiger partial charge in [0.15, 0.2) is 0 Å². The van der Waals surface area contributed by atoms with Crippen LogP contribution in [0.1, 0.15) is 33.6 Å². The average Bonchev–Trinajstić information content (AvgIpc) is 2.02. The largest absolute Gasteiger partial charge is 0.469 e. The summed E-state index contributed by atoms with van der Waals surface area (Å²) in [7, 11) is 1.43. The lowest BCUT2D eigenvalue weighted by molar-refractivity contribution is -0.153.